The van der Waals surface area contributed by atoms with E-state index in [1.807, 2.05) is 135 Å². The highest BCUT2D eigenvalue weighted by atomic mass is 16.2. The number of benzene rings is 4. The van der Waals surface area contributed by atoms with Gasteiger partial charge in [0.2, 0.25) is 11.8 Å². The molecule has 2 amide bonds. The monoisotopic (exact) mass is 476 g/mol. The largest absolute Gasteiger partial charge is 0.312 e. The number of para-hydroxylation sites is 2. The van der Waals surface area contributed by atoms with E-state index < -0.39 is 11.8 Å². The third-order valence-corrected chi connectivity index (χ3v) is 6.48. The molecule has 4 heteroatoms. The first-order valence-corrected chi connectivity index (χ1v) is 12.5. The van der Waals surface area contributed by atoms with Crippen LogP contribution in [-0.2, 0) is 9.59 Å². The summed E-state index contributed by atoms with van der Waals surface area (Å²) in [7, 11) is 0. The number of hydrogen-bond acceptors (Lipinski definition) is 2. The second-order valence-corrected chi connectivity index (χ2v) is 8.61. The van der Waals surface area contributed by atoms with Gasteiger partial charge in [-0.15, -0.1) is 0 Å². The predicted octanol–water partition coefficient (Wildman–Crippen LogP) is 6.66. The Labute approximate surface area is 213 Å². The van der Waals surface area contributed by atoms with Crippen molar-refractivity contribution in [2.24, 2.45) is 0 Å². The topological polar surface area (TPSA) is 40.6 Å². The maximum atomic E-state index is 14.4. The van der Waals surface area contributed by atoms with E-state index in [-0.39, 0.29) is 11.8 Å². The van der Waals surface area contributed by atoms with Gasteiger partial charge >= 0.3 is 0 Å². The zero-order valence-electron chi connectivity index (χ0n) is 20.8. The zero-order valence-corrected chi connectivity index (χ0v) is 20.8. The highest BCUT2D eigenvalue weighted by Crippen LogP contribution is 2.38. The molecule has 0 aliphatic rings. The predicted molar refractivity (Wildman–Crippen MR) is 147 cm³/mol. The van der Waals surface area contributed by atoms with Crippen molar-refractivity contribution in [3.05, 3.63) is 132 Å². The van der Waals surface area contributed by atoms with Crippen LogP contribution in [0.5, 0.6) is 0 Å². The van der Waals surface area contributed by atoms with E-state index in [0.29, 0.717) is 13.1 Å². The first-order chi connectivity index (χ1) is 17.7. The number of carbonyl (C=O) groups excluding carboxylic acids is 2. The summed E-state index contributed by atoms with van der Waals surface area (Å²) >= 11 is 0. The molecular weight excluding hydrogens is 444 g/mol. The molecule has 0 aliphatic carbocycles. The molecule has 0 aliphatic heterocycles. The summed E-state index contributed by atoms with van der Waals surface area (Å²) in [5, 5.41) is 0. The Kier molecular flexibility index (Phi) is 8.30. The fraction of sp³-hybridized carbons (Fsp3) is 0.188. The highest BCUT2D eigenvalue weighted by molar-refractivity contribution is 6.06. The summed E-state index contributed by atoms with van der Waals surface area (Å²) in [5.41, 5.74) is 3.28. The van der Waals surface area contributed by atoms with Crippen LogP contribution in [0.25, 0.3) is 0 Å². The number of rotatable bonds is 9. The van der Waals surface area contributed by atoms with Crippen molar-refractivity contribution < 1.29 is 9.59 Å². The second-order valence-electron chi connectivity index (χ2n) is 8.61. The third kappa shape index (κ3) is 5.38. The molecule has 0 radical (unpaired) electrons. The third-order valence-electron chi connectivity index (χ3n) is 6.48. The Balaban J connectivity index is 1.87. The van der Waals surface area contributed by atoms with Gasteiger partial charge in [-0.25, -0.2) is 0 Å². The van der Waals surface area contributed by atoms with Crippen LogP contribution in [0, 0.1) is 0 Å². The molecule has 0 unspecified atom stereocenters. The number of anilines is 2. The summed E-state index contributed by atoms with van der Waals surface area (Å²) in [5.74, 6) is -1.58. The summed E-state index contributed by atoms with van der Waals surface area (Å²) in [6, 6.07) is 38.7. The smallest absolute Gasteiger partial charge is 0.235 e. The minimum Gasteiger partial charge on any atom is -0.312 e. The van der Waals surface area contributed by atoms with E-state index in [2.05, 4.69) is 0 Å². The molecule has 0 N–H and O–H groups in total. The molecule has 0 spiro atoms. The van der Waals surface area contributed by atoms with Crippen LogP contribution in [0.2, 0.25) is 0 Å². The number of hydrogen-bond donors (Lipinski definition) is 0. The normalized spacial score (nSPS) is 12.4. The number of nitrogens with zero attached hydrogens (tertiary/aromatic N) is 2. The number of amides is 2. The maximum absolute atomic E-state index is 14.4. The molecule has 0 saturated heterocycles. The summed E-state index contributed by atoms with van der Waals surface area (Å²) < 4.78 is 0. The molecule has 4 rings (SSSR count). The van der Waals surface area contributed by atoms with Crippen molar-refractivity contribution in [1.82, 2.24) is 0 Å². The van der Waals surface area contributed by atoms with Crippen molar-refractivity contribution in [1.29, 1.82) is 0 Å². The van der Waals surface area contributed by atoms with Gasteiger partial charge in [0.15, 0.2) is 0 Å². The SMILES string of the molecule is CCN(C(=O)[C@@H](c1ccccc1)[C@@H](C(=O)N(CC)c1ccccc1)c1ccccc1)c1ccccc1. The van der Waals surface area contributed by atoms with Crippen molar-refractivity contribution >= 4 is 23.2 Å². The first-order valence-electron chi connectivity index (χ1n) is 12.5. The van der Waals surface area contributed by atoms with Crippen LogP contribution >= 0.6 is 0 Å². The molecule has 36 heavy (non-hydrogen) atoms. The summed E-state index contributed by atoms with van der Waals surface area (Å²) in [4.78, 5) is 32.3. The van der Waals surface area contributed by atoms with Crippen LogP contribution < -0.4 is 9.80 Å². The molecule has 0 bridgehead atoms. The van der Waals surface area contributed by atoms with Gasteiger partial charge in [-0.3, -0.25) is 9.59 Å². The molecule has 4 aromatic rings. The van der Waals surface area contributed by atoms with E-state index in [4.69, 9.17) is 0 Å². The van der Waals surface area contributed by atoms with Gasteiger partial charge in [0.1, 0.15) is 0 Å². The molecule has 4 nitrogen and oxygen atoms in total. The van der Waals surface area contributed by atoms with Gasteiger partial charge in [-0.1, -0.05) is 97.1 Å². The van der Waals surface area contributed by atoms with Crippen LogP contribution in [0.3, 0.4) is 0 Å². The molecular formula is C32H32N2O2. The van der Waals surface area contributed by atoms with Crippen molar-refractivity contribution in [3.8, 4) is 0 Å². The molecule has 182 valence electrons. The first kappa shape index (κ1) is 24.9. The van der Waals surface area contributed by atoms with Gasteiger partial charge in [0.25, 0.3) is 0 Å². The second kappa shape index (κ2) is 12.0. The highest BCUT2D eigenvalue weighted by Gasteiger charge is 2.40. The van der Waals surface area contributed by atoms with Gasteiger partial charge in [0.05, 0.1) is 11.8 Å². The van der Waals surface area contributed by atoms with E-state index in [1.165, 1.54) is 0 Å². The van der Waals surface area contributed by atoms with E-state index in [0.717, 1.165) is 22.5 Å². The van der Waals surface area contributed by atoms with Crippen LogP contribution in [0.1, 0.15) is 36.8 Å². The lowest BCUT2D eigenvalue weighted by atomic mass is 9.79. The van der Waals surface area contributed by atoms with Gasteiger partial charge < -0.3 is 9.80 Å². The Morgan fingerprint density at radius 1 is 0.500 bits per heavy atom. The van der Waals surface area contributed by atoms with Crippen molar-refractivity contribution in [3.63, 3.8) is 0 Å². The van der Waals surface area contributed by atoms with Crippen LogP contribution in [0.15, 0.2) is 121 Å². The Morgan fingerprint density at radius 3 is 1.06 bits per heavy atom. The minimum atomic E-state index is -0.695. The average Bonchev–Trinajstić information content (AvgIpc) is 2.94. The Bertz CT molecular complexity index is 1140. The van der Waals surface area contributed by atoms with E-state index in [9.17, 15) is 9.59 Å². The lowest BCUT2D eigenvalue weighted by molar-refractivity contribution is -0.126. The summed E-state index contributed by atoms with van der Waals surface area (Å²) in [6.07, 6.45) is 0. The quantitative estimate of drug-likeness (QED) is 0.271. The average molecular weight is 477 g/mol. The maximum Gasteiger partial charge on any atom is 0.235 e. The lowest BCUT2D eigenvalue weighted by Gasteiger charge is -2.34. The lowest BCUT2D eigenvalue weighted by Crippen LogP contribution is -2.43. The zero-order chi connectivity index (χ0) is 25.3. The number of likely N-dealkylation sites (N-methyl/N-ethyl adjacent to an activating group) is 2. The van der Waals surface area contributed by atoms with Crippen molar-refractivity contribution in [2.45, 2.75) is 25.7 Å². The van der Waals surface area contributed by atoms with Gasteiger partial charge in [-0.2, -0.15) is 0 Å². The van der Waals surface area contributed by atoms with E-state index in [1.54, 1.807) is 9.80 Å². The van der Waals surface area contributed by atoms with Crippen molar-refractivity contribution in [2.75, 3.05) is 22.9 Å². The molecule has 4 aromatic carbocycles. The minimum absolute atomic E-state index is 0.0961. The van der Waals surface area contributed by atoms with Gasteiger partial charge in [0, 0.05) is 24.5 Å². The Hall–Kier alpha value is -4.18. The fourth-order valence-electron chi connectivity index (χ4n) is 4.76. The summed E-state index contributed by atoms with van der Waals surface area (Å²) in [6.45, 7) is 4.93. The standard InChI is InChI=1S/C32H32N2O2/c1-3-33(27-21-13-7-14-22-27)31(35)29(25-17-9-5-10-18-25)30(26-19-11-6-12-20-26)32(36)34(4-2)28-23-15-8-16-24-28/h5-24,29-30H,3-4H2,1-2H3/t29-,30-/m0/s1. The Morgan fingerprint density at radius 2 is 0.778 bits per heavy atom. The molecule has 0 fully saturated rings. The van der Waals surface area contributed by atoms with E-state index >= 15 is 0 Å². The molecule has 0 saturated carbocycles. The fourth-order valence-corrected chi connectivity index (χ4v) is 4.76. The van der Waals surface area contributed by atoms with Crippen LogP contribution in [-0.4, -0.2) is 24.9 Å². The molecule has 0 aromatic heterocycles. The van der Waals surface area contributed by atoms with Gasteiger partial charge in [-0.05, 0) is 49.2 Å². The van der Waals surface area contributed by atoms with Crippen LogP contribution in [0.4, 0.5) is 11.4 Å². The number of carbonyl (C=O) groups is 2. The molecule has 2 atom stereocenters. The molecule has 0 heterocycles.